The average molecular weight is 755 g/mol. The van der Waals surface area contributed by atoms with Crippen LogP contribution in [0.3, 0.4) is 0 Å². The molecule has 252 valence electrons. The number of rotatable bonds is 4. The van der Waals surface area contributed by atoms with Gasteiger partial charge in [-0.05, 0) is 10.8 Å². The quantitative estimate of drug-likeness (QED) is 0.180. The summed E-state index contributed by atoms with van der Waals surface area (Å²) in [6.07, 6.45) is 10.0. The fourth-order valence-corrected chi connectivity index (χ4v) is 6.33. The van der Waals surface area contributed by atoms with E-state index in [0.717, 1.165) is 6.42 Å². The zero-order valence-corrected chi connectivity index (χ0v) is 34.5. The van der Waals surface area contributed by atoms with Crippen molar-refractivity contribution in [3.63, 3.8) is 0 Å². The summed E-state index contributed by atoms with van der Waals surface area (Å²) < 4.78 is 1.43. The second kappa shape index (κ2) is 18.0. The van der Waals surface area contributed by atoms with Gasteiger partial charge in [0.25, 0.3) is 0 Å². The summed E-state index contributed by atoms with van der Waals surface area (Å²) in [7, 11) is 0. The Kier molecular flexibility index (Phi) is 15.6. The summed E-state index contributed by atoms with van der Waals surface area (Å²) in [4.78, 5) is 0. The molecule has 5 aromatic carbocycles. The molecule has 0 atom stereocenters. The van der Waals surface area contributed by atoms with Crippen LogP contribution in [0.25, 0.3) is 21.5 Å². The maximum Gasteiger partial charge on any atom is -0.109 e. The van der Waals surface area contributed by atoms with Crippen molar-refractivity contribution < 1.29 is 49.0 Å². The Morgan fingerprint density at radius 3 is 1.29 bits per heavy atom. The van der Waals surface area contributed by atoms with Gasteiger partial charge in [-0.1, -0.05) is 76.9 Å². The fourth-order valence-electron chi connectivity index (χ4n) is 5.51. The van der Waals surface area contributed by atoms with Gasteiger partial charge in [0.05, 0.1) is 0 Å². The van der Waals surface area contributed by atoms with Crippen LogP contribution in [0.5, 0.6) is 0 Å². The minimum Gasteiger partial charge on any atom is -1.00 e. The van der Waals surface area contributed by atoms with Gasteiger partial charge in [-0.3, -0.25) is 6.08 Å². The van der Waals surface area contributed by atoms with Crippen LogP contribution in [0.1, 0.15) is 121 Å². The molecule has 0 heterocycles. The fraction of sp³-hybridized carbons (Fsp3) is 0.333. The minimum absolute atomic E-state index is 0. The molecule has 1 aliphatic rings. The third kappa shape index (κ3) is 11.0. The molecule has 0 aliphatic heterocycles. The van der Waals surface area contributed by atoms with Crippen molar-refractivity contribution in [1.82, 2.24) is 0 Å². The normalized spacial score (nSPS) is 12.3. The molecule has 3 heteroatoms. The van der Waals surface area contributed by atoms with Crippen molar-refractivity contribution in [3.8, 4) is 0 Å². The maximum absolute atomic E-state index is 2.99. The van der Waals surface area contributed by atoms with E-state index in [4.69, 9.17) is 0 Å². The Balaban J connectivity index is 0.000000281. The second-order valence-corrected chi connectivity index (χ2v) is 16.4. The molecular formula is C45H52Cl2Zr-2. The van der Waals surface area contributed by atoms with Crippen molar-refractivity contribution in [2.45, 2.75) is 98.3 Å². The molecule has 0 amide bonds. The van der Waals surface area contributed by atoms with Gasteiger partial charge in [0.1, 0.15) is 0 Å². The molecule has 0 N–H and O–H groups in total. The van der Waals surface area contributed by atoms with Gasteiger partial charge in [-0.15, -0.1) is 46.2 Å². The average Bonchev–Trinajstić information content (AvgIpc) is 3.72. The van der Waals surface area contributed by atoms with E-state index in [2.05, 4.69) is 172 Å². The summed E-state index contributed by atoms with van der Waals surface area (Å²) in [6.45, 7) is 22.6. The number of hydrogen-bond acceptors (Lipinski definition) is 0. The molecule has 48 heavy (non-hydrogen) atoms. The molecule has 0 fully saturated rings. The van der Waals surface area contributed by atoms with E-state index >= 15 is 0 Å². The smallest absolute Gasteiger partial charge is 0.109 e. The van der Waals surface area contributed by atoms with Crippen molar-refractivity contribution in [2.75, 3.05) is 0 Å². The molecule has 0 saturated carbocycles. The molecule has 1 aliphatic carbocycles. The molecular weight excluding hydrogens is 703 g/mol. The molecule has 0 unspecified atom stereocenters. The van der Waals surface area contributed by atoms with E-state index in [1.165, 1.54) is 82.4 Å². The van der Waals surface area contributed by atoms with Crippen LogP contribution in [-0.4, -0.2) is 3.21 Å². The van der Waals surface area contributed by atoms with Gasteiger partial charge >= 0.3 is 138 Å². The molecule has 0 spiro atoms. The zero-order chi connectivity index (χ0) is 33.6. The van der Waals surface area contributed by atoms with E-state index in [9.17, 15) is 0 Å². The standard InChI is InChI=1S/C21H25.C19H22.C5H5.2ClH.Zr/c1-20(2,3)16-9-7-14-11-15-8-10-17(21(4,5)6)13-19(15)18(14)12-16;1-14(2)18-9-5-16(6-10-18)13-17-7-11-19(12-8-17)15(3)4;1-2-4-5-3-1;;;/h7-13H,1-6H3;5-12,14-15H,1-4H3;1-3H,4H2;2*1H;/q-1;;-1;;;+2/p-2. The number of benzene rings is 4. The summed E-state index contributed by atoms with van der Waals surface area (Å²) >= 11 is 1.47. The van der Waals surface area contributed by atoms with Crippen molar-refractivity contribution in [3.05, 3.63) is 149 Å². The Hall–Kier alpha value is -2.44. The van der Waals surface area contributed by atoms with Crippen LogP contribution >= 0.6 is 0 Å². The van der Waals surface area contributed by atoms with Crippen LogP contribution in [0.15, 0.2) is 109 Å². The zero-order valence-electron chi connectivity index (χ0n) is 30.5. The van der Waals surface area contributed by atoms with Crippen LogP contribution in [0.4, 0.5) is 0 Å². The van der Waals surface area contributed by atoms with Crippen LogP contribution in [0.2, 0.25) is 0 Å². The molecule has 0 radical (unpaired) electrons. The summed E-state index contributed by atoms with van der Waals surface area (Å²) in [5, 5.41) is 5.49. The predicted molar refractivity (Wildman–Crippen MR) is 200 cm³/mol. The SMILES string of the molecule is CC(C)(C)c1ccc2[cH-]c3ccc(C(C)(C)C)cc3c2c1.CC(C)c1ccc([C](=[Zr+2])c2ccc(C(C)C)cc2)cc1.[C-]1=CC=CC1.[Cl-].[Cl-]. The molecule has 0 nitrogen and oxygen atoms in total. The first-order valence-electron chi connectivity index (χ1n) is 16.8. The first-order valence-corrected chi connectivity index (χ1v) is 18.0. The summed E-state index contributed by atoms with van der Waals surface area (Å²) in [5.41, 5.74) is 8.72. The topological polar surface area (TPSA) is 0 Å². The van der Waals surface area contributed by atoms with Gasteiger partial charge in [0.2, 0.25) is 0 Å². The van der Waals surface area contributed by atoms with Gasteiger partial charge in [-0.2, -0.15) is 6.08 Å². The van der Waals surface area contributed by atoms with E-state index in [-0.39, 0.29) is 35.6 Å². The van der Waals surface area contributed by atoms with Crippen molar-refractivity contribution in [1.29, 1.82) is 0 Å². The monoisotopic (exact) mass is 752 g/mol. The number of allylic oxidation sites excluding steroid dienone is 4. The molecule has 0 saturated heterocycles. The largest absolute Gasteiger partial charge is 1.00 e. The summed E-state index contributed by atoms with van der Waals surface area (Å²) in [6, 6.07) is 34.2. The van der Waals surface area contributed by atoms with E-state index in [1.54, 1.807) is 0 Å². The van der Waals surface area contributed by atoms with Crippen LogP contribution < -0.4 is 24.8 Å². The number of halogens is 2. The Morgan fingerprint density at radius 2 is 1.02 bits per heavy atom. The Morgan fingerprint density at radius 1 is 0.625 bits per heavy atom. The van der Waals surface area contributed by atoms with Gasteiger partial charge in [0, 0.05) is 0 Å². The summed E-state index contributed by atoms with van der Waals surface area (Å²) in [5.74, 6) is 1.20. The Labute approximate surface area is 318 Å². The predicted octanol–water partition coefficient (Wildman–Crippen LogP) is 6.67. The van der Waals surface area contributed by atoms with Gasteiger partial charge in [0.15, 0.2) is 0 Å². The van der Waals surface area contributed by atoms with Crippen molar-refractivity contribution >= 4 is 24.8 Å². The first-order chi connectivity index (χ1) is 21.6. The number of hydrogen-bond donors (Lipinski definition) is 0. The molecule has 5 aromatic rings. The second-order valence-electron chi connectivity index (χ2n) is 15.2. The minimum atomic E-state index is 0. The van der Waals surface area contributed by atoms with Crippen LogP contribution in [-0.2, 0) is 35.1 Å². The Bertz CT molecular complexity index is 1690. The third-order valence-corrected chi connectivity index (χ3v) is 10.2. The van der Waals surface area contributed by atoms with Gasteiger partial charge in [-0.25, -0.2) is 12.2 Å². The third-order valence-electron chi connectivity index (χ3n) is 8.76. The van der Waals surface area contributed by atoms with E-state index in [0.29, 0.717) is 11.8 Å². The van der Waals surface area contributed by atoms with Crippen LogP contribution in [0, 0.1) is 6.08 Å². The van der Waals surface area contributed by atoms with E-state index < -0.39 is 0 Å². The number of fused-ring (bicyclic) bond motifs is 3. The molecule has 6 rings (SSSR count). The molecule has 0 bridgehead atoms. The first kappa shape index (κ1) is 41.7. The van der Waals surface area contributed by atoms with Gasteiger partial charge < -0.3 is 24.8 Å². The molecule has 0 aromatic heterocycles. The van der Waals surface area contributed by atoms with E-state index in [1.807, 2.05) is 12.2 Å². The van der Waals surface area contributed by atoms with Crippen molar-refractivity contribution in [2.24, 2.45) is 0 Å². The maximum atomic E-state index is 2.99.